The Hall–Kier alpha value is -1.36. The maximum atomic E-state index is 12.6. The maximum Gasteiger partial charge on any atom is 0.318 e. The number of benzene rings is 1. The molecule has 2 rings (SSSR count). The summed E-state index contributed by atoms with van der Waals surface area (Å²) in [5.74, 6) is -1.27. The molecule has 1 atom stereocenters. The van der Waals surface area contributed by atoms with E-state index in [1.165, 1.54) is 6.42 Å². The lowest BCUT2D eigenvalue weighted by Crippen LogP contribution is -2.37. The van der Waals surface area contributed by atoms with E-state index >= 15 is 0 Å². The van der Waals surface area contributed by atoms with Crippen LogP contribution in [0.3, 0.4) is 0 Å². The Labute approximate surface area is 139 Å². The molecule has 1 aromatic rings. The molecule has 0 bridgehead atoms. The third-order valence-electron chi connectivity index (χ3n) is 4.06. The molecule has 1 unspecified atom stereocenters. The topological polar surface area (TPSA) is 55.4 Å². The smallest absolute Gasteiger partial charge is 0.318 e. The number of hydrogen-bond donors (Lipinski definition) is 1. The molecule has 1 aliphatic rings. The van der Waals surface area contributed by atoms with Crippen molar-refractivity contribution in [1.29, 1.82) is 0 Å². The quantitative estimate of drug-likeness (QED) is 0.628. The minimum absolute atomic E-state index is 0.0863. The first-order valence-electron chi connectivity index (χ1n) is 7.85. The molecule has 0 saturated heterocycles. The number of carbonyl (C=O) groups excluding carboxylic acids is 2. The zero-order valence-corrected chi connectivity index (χ0v) is 14.4. The van der Waals surface area contributed by atoms with Crippen LogP contribution in [-0.2, 0) is 14.3 Å². The van der Waals surface area contributed by atoms with Crippen LogP contribution in [0, 0.1) is 11.8 Å². The predicted octanol–water partition coefficient (Wildman–Crippen LogP) is 4.15. The highest BCUT2D eigenvalue weighted by Crippen LogP contribution is 2.31. The monoisotopic (exact) mass is 367 g/mol. The van der Waals surface area contributed by atoms with Crippen LogP contribution in [0.4, 0.5) is 5.69 Å². The summed E-state index contributed by atoms with van der Waals surface area (Å²) < 4.78 is 6.07. The highest BCUT2D eigenvalue weighted by molar-refractivity contribution is 9.10. The van der Waals surface area contributed by atoms with Gasteiger partial charge in [-0.3, -0.25) is 9.59 Å². The van der Waals surface area contributed by atoms with E-state index in [4.69, 9.17) is 4.74 Å². The summed E-state index contributed by atoms with van der Waals surface area (Å²) >= 11 is 3.36. The molecule has 4 nitrogen and oxygen atoms in total. The fraction of sp³-hybridized carbons (Fsp3) is 0.529. The van der Waals surface area contributed by atoms with Crippen LogP contribution >= 0.6 is 15.9 Å². The molecule has 22 heavy (non-hydrogen) atoms. The summed E-state index contributed by atoms with van der Waals surface area (Å²) in [6.45, 7) is 2.07. The summed E-state index contributed by atoms with van der Waals surface area (Å²) in [6, 6.07) is 7.33. The zero-order valence-electron chi connectivity index (χ0n) is 12.8. The van der Waals surface area contributed by atoms with E-state index in [9.17, 15) is 9.59 Å². The van der Waals surface area contributed by atoms with Gasteiger partial charge in [-0.2, -0.15) is 0 Å². The Morgan fingerprint density at radius 2 is 1.86 bits per heavy atom. The third-order valence-corrected chi connectivity index (χ3v) is 4.58. The molecule has 5 heteroatoms. The van der Waals surface area contributed by atoms with Crippen LogP contribution in [0.1, 0.15) is 39.0 Å². The maximum absolute atomic E-state index is 12.6. The Kier molecular flexibility index (Phi) is 6.43. The fourth-order valence-electron chi connectivity index (χ4n) is 2.97. The number of hydrogen-bond acceptors (Lipinski definition) is 3. The van der Waals surface area contributed by atoms with Crippen molar-refractivity contribution in [3.05, 3.63) is 28.7 Å². The van der Waals surface area contributed by atoms with Crippen molar-refractivity contribution >= 4 is 33.5 Å². The van der Waals surface area contributed by atoms with Crippen LogP contribution in [-0.4, -0.2) is 18.5 Å². The molecular weight excluding hydrogens is 346 g/mol. The standard InChI is InChI=1S/C17H22BrNO3/c1-2-22-17(21)15(12-6-4-3-5-7-12)16(20)19-14-10-8-13(18)9-11-14/h8-12,15H,2-7H2,1H3,(H,19,20). The molecule has 120 valence electrons. The molecular formula is C17H22BrNO3. The Morgan fingerprint density at radius 1 is 1.23 bits per heavy atom. The number of carbonyl (C=O) groups is 2. The number of anilines is 1. The first-order chi connectivity index (χ1) is 10.6. The lowest BCUT2D eigenvalue weighted by Gasteiger charge is -2.27. The van der Waals surface area contributed by atoms with Crippen molar-refractivity contribution in [1.82, 2.24) is 0 Å². The molecule has 1 amide bonds. The minimum atomic E-state index is -0.705. The van der Waals surface area contributed by atoms with Crippen LogP contribution in [0.15, 0.2) is 28.7 Å². The second-order valence-electron chi connectivity index (χ2n) is 5.62. The van der Waals surface area contributed by atoms with Gasteiger partial charge in [0.05, 0.1) is 6.61 Å². The Morgan fingerprint density at radius 3 is 2.45 bits per heavy atom. The molecule has 1 N–H and O–H groups in total. The summed E-state index contributed by atoms with van der Waals surface area (Å²) in [5.41, 5.74) is 0.693. The summed E-state index contributed by atoms with van der Waals surface area (Å²) in [7, 11) is 0. The number of rotatable bonds is 5. The summed E-state index contributed by atoms with van der Waals surface area (Å²) in [4.78, 5) is 24.8. The van der Waals surface area contributed by atoms with Crippen molar-refractivity contribution in [2.45, 2.75) is 39.0 Å². The summed E-state index contributed by atoms with van der Waals surface area (Å²) in [5, 5.41) is 2.85. The number of esters is 1. The Balaban J connectivity index is 2.10. The second kappa shape index (κ2) is 8.32. The van der Waals surface area contributed by atoms with Gasteiger partial charge in [0, 0.05) is 10.2 Å². The predicted molar refractivity (Wildman–Crippen MR) is 89.5 cm³/mol. The molecule has 0 aromatic heterocycles. The van der Waals surface area contributed by atoms with Crippen LogP contribution < -0.4 is 5.32 Å². The zero-order chi connectivity index (χ0) is 15.9. The number of ether oxygens (including phenoxy) is 1. The molecule has 1 aromatic carbocycles. The van der Waals surface area contributed by atoms with Crippen molar-refractivity contribution in [2.24, 2.45) is 11.8 Å². The van der Waals surface area contributed by atoms with Gasteiger partial charge in [-0.25, -0.2) is 0 Å². The van der Waals surface area contributed by atoms with Crippen LogP contribution in [0.5, 0.6) is 0 Å². The van der Waals surface area contributed by atoms with Gasteiger partial charge in [0.25, 0.3) is 0 Å². The highest BCUT2D eigenvalue weighted by atomic mass is 79.9. The molecule has 0 radical (unpaired) electrons. The van der Waals surface area contributed by atoms with Gasteiger partial charge in [0.1, 0.15) is 5.92 Å². The van der Waals surface area contributed by atoms with E-state index in [-0.39, 0.29) is 11.8 Å². The van der Waals surface area contributed by atoms with E-state index in [1.54, 1.807) is 6.92 Å². The SMILES string of the molecule is CCOC(=O)C(C(=O)Nc1ccc(Br)cc1)C1CCCCC1. The molecule has 1 saturated carbocycles. The van der Waals surface area contributed by atoms with E-state index in [2.05, 4.69) is 21.2 Å². The van der Waals surface area contributed by atoms with Gasteiger partial charge in [0.2, 0.25) is 5.91 Å². The van der Waals surface area contributed by atoms with E-state index in [0.29, 0.717) is 12.3 Å². The lowest BCUT2D eigenvalue weighted by molar-refractivity contribution is -0.153. The average Bonchev–Trinajstić information content (AvgIpc) is 2.51. The molecule has 1 aliphatic carbocycles. The second-order valence-corrected chi connectivity index (χ2v) is 6.54. The van der Waals surface area contributed by atoms with Crippen molar-refractivity contribution in [3.63, 3.8) is 0 Å². The van der Waals surface area contributed by atoms with Gasteiger partial charge in [-0.15, -0.1) is 0 Å². The molecule has 0 heterocycles. The molecule has 0 spiro atoms. The average molecular weight is 368 g/mol. The van der Waals surface area contributed by atoms with Gasteiger partial charge in [-0.05, 0) is 49.9 Å². The third kappa shape index (κ3) is 4.57. The van der Waals surface area contributed by atoms with E-state index < -0.39 is 11.9 Å². The van der Waals surface area contributed by atoms with Crippen molar-refractivity contribution in [3.8, 4) is 0 Å². The van der Waals surface area contributed by atoms with Gasteiger partial charge < -0.3 is 10.1 Å². The first kappa shape index (κ1) is 17.0. The first-order valence-corrected chi connectivity index (χ1v) is 8.64. The molecule has 1 fully saturated rings. The molecule has 0 aliphatic heterocycles. The minimum Gasteiger partial charge on any atom is -0.465 e. The highest BCUT2D eigenvalue weighted by Gasteiger charge is 2.36. The van der Waals surface area contributed by atoms with Crippen LogP contribution in [0.2, 0.25) is 0 Å². The van der Waals surface area contributed by atoms with E-state index in [1.807, 2.05) is 24.3 Å². The van der Waals surface area contributed by atoms with Gasteiger partial charge >= 0.3 is 5.97 Å². The number of amides is 1. The van der Waals surface area contributed by atoms with Gasteiger partial charge in [-0.1, -0.05) is 35.2 Å². The van der Waals surface area contributed by atoms with Crippen molar-refractivity contribution < 1.29 is 14.3 Å². The van der Waals surface area contributed by atoms with Crippen molar-refractivity contribution in [2.75, 3.05) is 11.9 Å². The largest absolute Gasteiger partial charge is 0.465 e. The Bertz CT molecular complexity index is 509. The van der Waals surface area contributed by atoms with Gasteiger partial charge in [0.15, 0.2) is 0 Å². The van der Waals surface area contributed by atoms with E-state index in [0.717, 1.165) is 30.2 Å². The fourth-order valence-corrected chi connectivity index (χ4v) is 3.23. The lowest BCUT2D eigenvalue weighted by atomic mass is 9.79. The summed E-state index contributed by atoms with van der Waals surface area (Å²) in [6.07, 6.45) is 5.16. The number of halogens is 1. The van der Waals surface area contributed by atoms with Crippen LogP contribution in [0.25, 0.3) is 0 Å². The number of nitrogens with one attached hydrogen (secondary N) is 1. The normalized spacial score (nSPS) is 16.8.